The van der Waals surface area contributed by atoms with Gasteiger partial charge in [0.2, 0.25) is 59.1 Å². The number of aliphatic hydroxyl groups is 1. The molecule has 1 aliphatic rings. The maximum atomic E-state index is 15.3. The topological polar surface area (TPSA) is 291 Å². The van der Waals surface area contributed by atoms with E-state index in [-0.39, 0.29) is 49.9 Å². The molecule has 11 amide bonds. The number of methoxy groups -OCH3 is 1. The van der Waals surface area contributed by atoms with E-state index in [1.54, 1.807) is 68.4 Å². The molecule has 93 heavy (non-hydrogen) atoms. The molecule has 0 bridgehead atoms. The fourth-order valence-corrected chi connectivity index (χ4v) is 12.6. The second kappa shape index (κ2) is 38.6. The summed E-state index contributed by atoms with van der Waals surface area (Å²) in [4.78, 5) is 175. The van der Waals surface area contributed by atoms with Crippen molar-refractivity contribution in [3.63, 3.8) is 0 Å². The van der Waals surface area contributed by atoms with E-state index in [0.717, 1.165) is 16.7 Å². The van der Waals surface area contributed by atoms with Crippen LogP contribution in [0.5, 0.6) is 0 Å². The Hall–Kier alpha value is -5.86. The molecular formula is C67H122N12O13S. The predicted octanol–water partition coefficient (Wildman–Crippen LogP) is 3.66. The Morgan fingerprint density at radius 2 is 0.989 bits per heavy atom. The highest BCUT2D eigenvalue weighted by molar-refractivity contribution is 8.00. The third kappa shape index (κ3) is 24.4. The Kier molecular flexibility index (Phi) is 35.4. The summed E-state index contributed by atoms with van der Waals surface area (Å²) in [5.74, 6) is -9.67. The number of ether oxygens (including phenoxy) is 1. The minimum atomic E-state index is -1.65. The molecule has 13 atom stereocenters. The van der Waals surface area contributed by atoms with Crippen LogP contribution in [-0.2, 0) is 57.5 Å². The summed E-state index contributed by atoms with van der Waals surface area (Å²) in [6.45, 7) is 30.1. The second-order valence-electron chi connectivity index (χ2n) is 28.4. The Morgan fingerprint density at radius 1 is 0.538 bits per heavy atom. The molecule has 1 saturated heterocycles. The minimum Gasteiger partial charge on any atom is -0.390 e. The molecule has 0 aliphatic carbocycles. The van der Waals surface area contributed by atoms with Crippen molar-refractivity contribution in [1.29, 1.82) is 0 Å². The van der Waals surface area contributed by atoms with E-state index in [0.29, 0.717) is 18.7 Å². The molecule has 1 aliphatic heterocycles. The standard InChI is InChI=1S/C67H122N12O13S/c1-28-30-31-43(13)54(80)53-58(84)70-46(29-2)60(86)79(26)66(93-33-32-72(18)19)65(91)76(23)50(37-67(16,17)92-27)57(83)71-51(41(9)10)63(89)73(20)47(34-38(3)4)56(82)68-44(14)55(81)69-45(15)59(85)74(21)48(35-39(5)6)61(87)75(22)49(36-40(7)8)62(88)77(24)52(42(11)12)64(90)78(53)25/h28,30,38-54,66,80H,29,31-37H2,1-27H3,(H,68,82)(H,69,81)(H,70,84)(H,71,83)/t43-,44+,45-,46+,47+,48+,49+,50+,51+,52+,53+,54-,66-/m1/s1. The normalized spacial score (nSPS) is 26.6. The highest BCUT2D eigenvalue weighted by Gasteiger charge is 2.47. The van der Waals surface area contributed by atoms with Crippen LogP contribution in [0.1, 0.15) is 156 Å². The lowest BCUT2D eigenvalue weighted by atomic mass is 9.91. The van der Waals surface area contributed by atoms with Gasteiger partial charge >= 0.3 is 0 Å². The summed E-state index contributed by atoms with van der Waals surface area (Å²) in [5.41, 5.74) is -1.04. The lowest BCUT2D eigenvalue weighted by Crippen LogP contribution is -2.64. The molecule has 1 rings (SSSR count). The zero-order valence-corrected chi connectivity index (χ0v) is 62.4. The number of rotatable bonds is 20. The van der Waals surface area contributed by atoms with E-state index in [4.69, 9.17) is 4.74 Å². The van der Waals surface area contributed by atoms with Crippen LogP contribution in [0.4, 0.5) is 0 Å². The molecule has 534 valence electrons. The monoisotopic (exact) mass is 1330 g/mol. The van der Waals surface area contributed by atoms with E-state index in [2.05, 4.69) is 21.3 Å². The third-order valence-corrected chi connectivity index (χ3v) is 18.8. The van der Waals surface area contributed by atoms with Crippen molar-refractivity contribution in [3.8, 4) is 0 Å². The molecule has 0 aromatic carbocycles. The molecule has 1 heterocycles. The number of thioether (sulfide) groups is 1. The molecule has 1 fully saturated rings. The molecule has 26 heteroatoms. The largest absolute Gasteiger partial charge is 0.390 e. The van der Waals surface area contributed by atoms with Gasteiger partial charge in [0.1, 0.15) is 60.4 Å². The summed E-state index contributed by atoms with van der Waals surface area (Å²) in [5, 5.41) is 22.1. The summed E-state index contributed by atoms with van der Waals surface area (Å²) >= 11 is 1.13. The fraction of sp³-hybridized carbons (Fsp3) is 0.806. The number of carbonyl (C=O) groups excluding carboxylic acids is 11. The summed E-state index contributed by atoms with van der Waals surface area (Å²) in [7, 11) is 15.1. The quantitative estimate of drug-likeness (QED) is 0.109. The number of hydrogen-bond donors (Lipinski definition) is 5. The van der Waals surface area contributed by atoms with Gasteiger partial charge in [0.25, 0.3) is 5.91 Å². The Balaban J connectivity index is 4.58. The Labute approximate surface area is 561 Å². The van der Waals surface area contributed by atoms with Crippen LogP contribution in [0.2, 0.25) is 0 Å². The smallest absolute Gasteiger partial charge is 0.256 e. The van der Waals surface area contributed by atoms with Gasteiger partial charge in [0.15, 0.2) is 5.37 Å². The van der Waals surface area contributed by atoms with Gasteiger partial charge in [-0.15, -0.1) is 11.8 Å². The van der Waals surface area contributed by atoms with Crippen LogP contribution in [0.25, 0.3) is 0 Å². The highest BCUT2D eigenvalue weighted by Crippen LogP contribution is 2.28. The van der Waals surface area contributed by atoms with E-state index >= 15 is 33.6 Å². The van der Waals surface area contributed by atoms with E-state index in [9.17, 15) is 24.3 Å². The zero-order chi connectivity index (χ0) is 72.2. The SMILES string of the molecule is CC=CC[C@@H](C)[C@@H](O)[C@H]1C(=O)N[C@@H](CC)C(=O)N(C)[C@H](SCCN(C)C)C(=O)N(C)[C@@H](CC(C)(C)OC)C(=O)N[C@@H](C(C)C)C(=O)N(C)[C@@H](CC(C)C)C(=O)N[C@@H](C)C(=O)N[C@H](C)C(=O)N(C)[C@@H](CC(C)C)C(=O)N(C)[C@@H](CC(C)C)C(=O)N(C)[C@@H](C(C)C)C(=O)N1C. The van der Waals surface area contributed by atoms with Gasteiger partial charge in [-0.05, 0) is 116 Å². The summed E-state index contributed by atoms with van der Waals surface area (Å²) < 4.78 is 5.82. The lowest BCUT2D eigenvalue weighted by Gasteiger charge is -2.41. The number of allylic oxidation sites excluding steroid dienone is 2. The van der Waals surface area contributed by atoms with Gasteiger partial charge in [-0.25, -0.2) is 0 Å². The average molecular weight is 1340 g/mol. The first-order chi connectivity index (χ1) is 42.9. The van der Waals surface area contributed by atoms with Crippen molar-refractivity contribution >= 4 is 76.7 Å². The number of hydrogen-bond acceptors (Lipinski definition) is 15. The maximum Gasteiger partial charge on any atom is 0.256 e. The van der Waals surface area contributed by atoms with Crippen molar-refractivity contribution in [2.24, 2.45) is 35.5 Å². The first-order valence-electron chi connectivity index (χ1n) is 33.1. The van der Waals surface area contributed by atoms with E-state index < -0.39 is 160 Å². The van der Waals surface area contributed by atoms with Crippen molar-refractivity contribution in [3.05, 3.63) is 12.2 Å². The van der Waals surface area contributed by atoms with Crippen molar-refractivity contribution in [1.82, 2.24) is 60.5 Å². The zero-order valence-electron chi connectivity index (χ0n) is 61.5. The van der Waals surface area contributed by atoms with Crippen LogP contribution in [0.3, 0.4) is 0 Å². The third-order valence-electron chi connectivity index (χ3n) is 17.5. The molecule has 0 saturated carbocycles. The number of nitrogens with zero attached hydrogens (tertiary/aromatic N) is 8. The number of carbonyl (C=O) groups is 11. The number of nitrogens with one attached hydrogen (secondary N) is 4. The van der Waals surface area contributed by atoms with Gasteiger partial charge in [0.05, 0.1) is 11.7 Å². The van der Waals surface area contributed by atoms with Crippen LogP contribution < -0.4 is 21.3 Å². The molecule has 0 spiro atoms. The van der Waals surface area contributed by atoms with Crippen LogP contribution >= 0.6 is 11.8 Å². The number of amides is 11. The van der Waals surface area contributed by atoms with Crippen molar-refractivity contribution in [2.75, 3.05) is 82.8 Å². The van der Waals surface area contributed by atoms with Crippen LogP contribution in [-0.4, -0.2) is 270 Å². The number of aliphatic hydroxyl groups excluding tert-OH is 1. The summed E-state index contributed by atoms with van der Waals surface area (Å²) in [6, 6.07) is -12.8. The first-order valence-corrected chi connectivity index (χ1v) is 34.1. The lowest BCUT2D eigenvalue weighted by molar-refractivity contribution is -0.157. The average Bonchev–Trinajstić information content (AvgIpc) is 0.816. The Morgan fingerprint density at radius 3 is 1.45 bits per heavy atom. The molecule has 0 unspecified atom stereocenters. The van der Waals surface area contributed by atoms with Crippen LogP contribution in [0.15, 0.2) is 12.2 Å². The van der Waals surface area contributed by atoms with Gasteiger partial charge in [0, 0.05) is 75.2 Å². The van der Waals surface area contributed by atoms with Gasteiger partial charge < -0.3 is 70.3 Å². The Bertz CT molecular complexity index is 2550. The minimum absolute atomic E-state index is 0.0151. The van der Waals surface area contributed by atoms with Crippen molar-refractivity contribution < 1.29 is 62.6 Å². The molecule has 25 nitrogen and oxygen atoms in total. The molecule has 0 aromatic heterocycles. The van der Waals surface area contributed by atoms with Crippen LogP contribution in [0, 0.1) is 35.5 Å². The predicted molar refractivity (Wildman–Crippen MR) is 365 cm³/mol. The molecule has 0 aromatic rings. The summed E-state index contributed by atoms with van der Waals surface area (Å²) in [6.07, 6.45) is 2.66. The fourth-order valence-electron chi connectivity index (χ4n) is 11.3. The first kappa shape index (κ1) is 85.2. The second-order valence-corrected chi connectivity index (χ2v) is 29.5. The van der Waals surface area contributed by atoms with Gasteiger partial charge in [-0.1, -0.05) is 95.2 Å². The number of likely N-dealkylation sites (N-methyl/N-ethyl adjacent to an activating group) is 7. The highest BCUT2D eigenvalue weighted by atomic mass is 32.2. The molecular weight excluding hydrogens is 1210 g/mol. The molecule has 0 radical (unpaired) electrons. The van der Waals surface area contributed by atoms with E-state index in [1.807, 2.05) is 66.6 Å². The van der Waals surface area contributed by atoms with Crippen molar-refractivity contribution in [2.45, 2.75) is 234 Å². The molecule has 5 N–H and O–H groups in total. The van der Waals surface area contributed by atoms with Gasteiger partial charge in [-0.2, -0.15) is 0 Å². The maximum absolute atomic E-state index is 15.3. The van der Waals surface area contributed by atoms with E-state index in [1.165, 1.54) is 99.7 Å². The van der Waals surface area contributed by atoms with Gasteiger partial charge in [-0.3, -0.25) is 52.7 Å².